The molecule has 0 radical (unpaired) electrons. The molecule has 1 aromatic carbocycles. The fourth-order valence-corrected chi connectivity index (χ4v) is 4.39. The van der Waals surface area contributed by atoms with E-state index in [1.165, 1.54) is 19.1 Å². The van der Waals surface area contributed by atoms with Gasteiger partial charge >= 0.3 is 0 Å². The lowest BCUT2D eigenvalue weighted by Crippen LogP contribution is -2.31. The molecule has 208 valence electrons. The highest BCUT2D eigenvalue weighted by Gasteiger charge is 2.21. The second-order valence-corrected chi connectivity index (χ2v) is 9.09. The van der Waals surface area contributed by atoms with E-state index >= 15 is 0 Å². The first-order valence-electron chi connectivity index (χ1n) is 12.5. The van der Waals surface area contributed by atoms with Gasteiger partial charge in [-0.25, -0.2) is 18.3 Å². The zero-order valence-electron chi connectivity index (χ0n) is 22.1. The van der Waals surface area contributed by atoms with E-state index in [0.29, 0.717) is 50.0 Å². The Bertz CT molecular complexity index is 1410. The Balaban J connectivity index is 1.92. The van der Waals surface area contributed by atoms with Gasteiger partial charge in [0, 0.05) is 50.4 Å². The number of aromatic amines is 1. The molecule has 1 atom stereocenters. The number of pyridine rings is 1. The van der Waals surface area contributed by atoms with Crippen LogP contribution in [0.25, 0.3) is 10.8 Å². The number of ether oxygens (including phenoxy) is 1. The number of hydrogen-bond acceptors (Lipinski definition) is 7. The minimum atomic E-state index is -2.97. The highest BCUT2D eigenvalue weighted by molar-refractivity contribution is 5.93. The molecule has 0 fully saturated rings. The predicted molar refractivity (Wildman–Crippen MR) is 140 cm³/mol. The van der Waals surface area contributed by atoms with Crippen LogP contribution in [0.2, 0.25) is 0 Å². The Morgan fingerprint density at radius 3 is 2.64 bits per heavy atom. The first-order chi connectivity index (χ1) is 18.7. The average Bonchev–Trinajstić information content (AvgIpc) is 2.89. The molecule has 12 heteroatoms. The van der Waals surface area contributed by atoms with Crippen molar-refractivity contribution in [3.8, 4) is 6.07 Å². The highest BCUT2D eigenvalue weighted by atomic mass is 19.3. The lowest BCUT2D eigenvalue weighted by molar-refractivity contribution is -0.129. The van der Waals surface area contributed by atoms with Crippen molar-refractivity contribution in [3.63, 3.8) is 0 Å². The van der Waals surface area contributed by atoms with E-state index in [1.807, 2.05) is 6.07 Å². The lowest BCUT2D eigenvalue weighted by atomic mass is 10.0. The number of nitriles is 1. The Morgan fingerprint density at radius 1 is 1.26 bits per heavy atom. The zero-order valence-corrected chi connectivity index (χ0v) is 22.1. The van der Waals surface area contributed by atoms with E-state index in [4.69, 9.17) is 4.74 Å². The number of halogens is 3. The number of nitrogens with one attached hydrogen (secondary N) is 2. The van der Waals surface area contributed by atoms with Crippen LogP contribution < -0.4 is 10.9 Å². The molecule has 9 nitrogen and oxygen atoms in total. The summed E-state index contributed by atoms with van der Waals surface area (Å²) in [4.78, 5) is 30.9. The second kappa shape index (κ2) is 13.7. The molecule has 2 heterocycles. The van der Waals surface area contributed by atoms with Gasteiger partial charge in [0.15, 0.2) is 5.82 Å². The minimum Gasteiger partial charge on any atom is -0.385 e. The summed E-state index contributed by atoms with van der Waals surface area (Å²) in [5.74, 6) is -0.886. The molecule has 2 aromatic heterocycles. The van der Waals surface area contributed by atoms with Crippen LogP contribution in [0.5, 0.6) is 0 Å². The second-order valence-electron chi connectivity index (χ2n) is 9.09. The van der Waals surface area contributed by atoms with Crippen molar-refractivity contribution in [2.45, 2.75) is 52.0 Å². The van der Waals surface area contributed by atoms with Crippen molar-refractivity contribution >= 4 is 22.5 Å². The van der Waals surface area contributed by atoms with Crippen molar-refractivity contribution in [2.75, 3.05) is 32.1 Å². The zero-order chi connectivity index (χ0) is 28.5. The number of amides is 1. The van der Waals surface area contributed by atoms with E-state index in [0.717, 1.165) is 6.07 Å². The molecule has 0 aliphatic heterocycles. The number of H-pyrrole nitrogens is 1. The van der Waals surface area contributed by atoms with Crippen molar-refractivity contribution < 1.29 is 22.7 Å². The number of aromatic nitrogens is 3. The smallest absolute Gasteiger partial charge is 0.274 e. The molecule has 3 aromatic rings. The molecule has 3 rings (SSSR count). The topological polar surface area (TPSA) is 124 Å². The summed E-state index contributed by atoms with van der Waals surface area (Å²) >= 11 is 0. The van der Waals surface area contributed by atoms with Gasteiger partial charge < -0.3 is 15.0 Å². The van der Waals surface area contributed by atoms with Gasteiger partial charge in [-0.1, -0.05) is 18.2 Å². The number of anilines is 1. The molecule has 0 unspecified atom stereocenters. The van der Waals surface area contributed by atoms with Crippen LogP contribution in [-0.2, 0) is 22.4 Å². The van der Waals surface area contributed by atoms with Gasteiger partial charge in [0.05, 0.1) is 35.2 Å². The van der Waals surface area contributed by atoms with Crippen molar-refractivity contribution in [2.24, 2.45) is 0 Å². The van der Waals surface area contributed by atoms with Crippen LogP contribution in [-0.4, -0.2) is 52.8 Å². The van der Waals surface area contributed by atoms with Crippen molar-refractivity contribution in [3.05, 3.63) is 63.0 Å². The Labute approximate surface area is 224 Å². The van der Waals surface area contributed by atoms with Gasteiger partial charge in [-0.05, 0) is 32.3 Å². The largest absolute Gasteiger partial charge is 0.385 e. The first kappa shape index (κ1) is 29.6. The summed E-state index contributed by atoms with van der Waals surface area (Å²) < 4.78 is 46.2. The molecule has 0 aliphatic carbocycles. The molecule has 0 bridgehead atoms. The predicted octanol–water partition coefficient (Wildman–Crippen LogP) is 4.45. The maximum Gasteiger partial charge on any atom is 0.274 e. The third kappa shape index (κ3) is 7.32. The van der Waals surface area contributed by atoms with E-state index in [2.05, 4.69) is 20.5 Å². The molecule has 0 spiro atoms. The number of nitrogens with zero attached hydrogens (tertiary/aromatic N) is 4. The van der Waals surface area contributed by atoms with E-state index < -0.39 is 29.4 Å². The fourth-order valence-electron chi connectivity index (χ4n) is 4.39. The Kier molecular flexibility index (Phi) is 10.4. The molecule has 0 aliphatic rings. The molecule has 0 saturated heterocycles. The quantitative estimate of drug-likeness (QED) is 0.305. The van der Waals surface area contributed by atoms with Crippen LogP contribution in [0.15, 0.2) is 29.1 Å². The third-order valence-corrected chi connectivity index (χ3v) is 6.34. The SMILES string of the molecule is COCCCN(CCCc1cc2c(N[C@H](C)c3cccc(C(F)F)c3F)n[nH]c(=O)c2c(CC#N)n1)C(C)=O. The third-order valence-electron chi connectivity index (χ3n) is 6.34. The normalized spacial score (nSPS) is 11.9. The molecular weight excluding hydrogens is 513 g/mol. The van der Waals surface area contributed by atoms with Gasteiger partial charge in [0.25, 0.3) is 12.0 Å². The van der Waals surface area contributed by atoms with Gasteiger partial charge in [-0.3, -0.25) is 14.6 Å². The molecule has 2 N–H and O–H groups in total. The number of rotatable bonds is 13. The molecular formula is C27H31F3N6O3. The number of methoxy groups -OCH3 is 1. The number of carbonyl (C=O) groups excluding carboxylic acids is 1. The van der Waals surface area contributed by atoms with Crippen molar-refractivity contribution in [1.29, 1.82) is 5.26 Å². The summed E-state index contributed by atoms with van der Waals surface area (Å²) in [7, 11) is 1.60. The summed E-state index contributed by atoms with van der Waals surface area (Å²) in [6.45, 7) is 4.68. The summed E-state index contributed by atoms with van der Waals surface area (Å²) in [5.41, 5.74) is -0.386. The first-order valence-corrected chi connectivity index (χ1v) is 12.5. The lowest BCUT2D eigenvalue weighted by Gasteiger charge is -2.21. The van der Waals surface area contributed by atoms with Gasteiger partial charge in [-0.15, -0.1) is 0 Å². The Hall–Kier alpha value is -3.98. The number of carbonyl (C=O) groups is 1. The van der Waals surface area contributed by atoms with Gasteiger partial charge in [-0.2, -0.15) is 10.4 Å². The van der Waals surface area contributed by atoms with Crippen LogP contribution >= 0.6 is 0 Å². The highest BCUT2D eigenvalue weighted by Crippen LogP contribution is 2.30. The summed E-state index contributed by atoms with van der Waals surface area (Å²) in [6.07, 6.45) is -1.36. The van der Waals surface area contributed by atoms with E-state index in [-0.39, 0.29) is 34.8 Å². The maximum absolute atomic E-state index is 14.8. The minimum absolute atomic E-state index is 0.0123. The van der Waals surface area contributed by atoms with Crippen LogP contribution in [0, 0.1) is 17.1 Å². The Morgan fingerprint density at radius 2 is 1.97 bits per heavy atom. The van der Waals surface area contributed by atoms with Gasteiger partial charge in [0.2, 0.25) is 5.91 Å². The van der Waals surface area contributed by atoms with Crippen LogP contribution in [0.1, 0.15) is 61.7 Å². The monoisotopic (exact) mass is 544 g/mol. The number of hydrogen-bond donors (Lipinski definition) is 2. The fraction of sp³-hybridized carbons (Fsp3) is 0.444. The summed E-state index contributed by atoms with van der Waals surface area (Å²) in [5, 5.41) is 19.3. The van der Waals surface area contributed by atoms with Crippen LogP contribution in [0.4, 0.5) is 19.0 Å². The number of aryl methyl sites for hydroxylation is 1. The molecule has 1 amide bonds. The number of alkyl halides is 2. The summed E-state index contributed by atoms with van der Waals surface area (Å²) in [6, 6.07) is 6.68. The van der Waals surface area contributed by atoms with Gasteiger partial charge in [0.1, 0.15) is 5.82 Å². The molecule has 39 heavy (non-hydrogen) atoms. The standard InChI is InChI=1S/C27H31F3N6O3/c1-16(19-8-4-9-20(24(19)28)25(29)30)32-26-21-15-18(7-5-12-36(17(2)37)13-6-14-39-3)33-22(10-11-31)23(21)27(38)35-34-26/h4,8-9,15-16,25H,5-7,10,12-14H2,1-3H3,(H,32,34)(H,35,38)/t16-/m1/s1. The maximum atomic E-state index is 14.8. The van der Waals surface area contributed by atoms with E-state index in [9.17, 15) is 28.0 Å². The van der Waals surface area contributed by atoms with E-state index in [1.54, 1.807) is 25.0 Å². The number of fused-ring (bicyclic) bond motifs is 1. The van der Waals surface area contributed by atoms with Crippen molar-refractivity contribution in [1.82, 2.24) is 20.1 Å². The molecule has 0 saturated carbocycles. The van der Waals surface area contributed by atoms with Crippen LogP contribution in [0.3, 0.4) is 0 Å². The number of benzene rings is 1. The average molecular weight is 545 g/mol.